The Bertz CT molecular complexity index is 876. The van der Waals surface area contributed by atoms with E-state index in [1.807, 2.05) is 6.07 Å². The summed E-state index contributed by atoms with van der Waals surface area (Å²) in [6.45, 7) is 1.34. The van der Waals surface area contributed by atoms with E-state index in [1.54, 1.807) is 48.5 Å². The van der Waals surface area contributed by atoms with E-state index in [2.05, 4.69) is 9.97 Å². The molecular formula is C19H14N2O4. The fraction of sp³-hybridized carbons (Fsp3) is 0.0526. The van der Waals surface area contributed by atoms with Crippen LogP contribution in [-0.2, 0) is 4.79 Å². The molecule has 3 aromatic rings. The van der Waals surface area contributed by atoms with Crippen molar-refractivity contribution in [3.8, 4) is 22.9 Å². The first-order valence-corrected chi connectivity index (χ1v) is 7.50. The van der Waals surface area contributed by atoms with Gasteiger partial charge in [0.05, 0.1) is 18.0 Å². The van der Waals surface area contributed by atoms with Gasteiger partial charge in [0.25, 0.3) is 0 Å². The number of hydrogen-bond acceptors (Lipinski definition) is 6. The maximum atomic E-state index is 12.0. The molecule has 2 aromatic carbocycles. The van der Waals surface area contributed by atoms with Crippen LogP contribution in [-0.4, -0.2) is 21.9 Å². The summed E-state index contributed by atoms with van der Waals surface area (Å²) in [6, 6.07) is 15.5. The van der Waals surface area contributed by atoms with Crippen LogP contribution in [0.5, 0.6) is 11.5 Å². The van der Waals surface area contributed by atoms with Crippen molar-refractivity contribution in [2.24, 2.45) is 0 Å². The highest BCUT2D eigenvalue weighted by atomic mass is 16.5. The summed E-state index contributed by atoms with van der Waals surface area (Å²) in [5, 5.41) is 0. The lowest BCUT2D eigenvalue weighted by atomic mass is 10.2. The molecule has 0 bridgehead atoms. The molecule has 0 saturated carbocycles. The van der Waals surface area contributed by atoms with E-state index >= 15 is 0 Å². The Morgan fingerprint density at radius 3 is 2.04 bits per heavy atom. The first-order valence-electron chi connectivity index (χ1n) is 7.50. The predicted molar refractivity (Wildman–Crippen MR) is 90.2 cm³/mol. The van der Waals surface area contributed by atoms with Crippen molar-refractivity contribution >= 4 is 11.9 Å². The van der Waals surface area contributed by atoms with Gasteiger partial charge in [0.2, 0.25) is 0 Å². The van der Waals surface area contributed by atoms with Gasteiger partial charge in [0.1, 0.15) is 5.75 Å². The molecule has 0 fully saturated rings. The first-order chi connectivity index (χ1) is 12.1. The van der Waals surface area contributed by atoms with E-state index in [9.17, 15) is 9.59 Å². The van der Waals surface area contributed by atoms with E-state index in [0.29, 0.717) is 17.1 Å². The maximum absolute atomic E-state index is 12.0. The molecule has 6 heteroatoms. The van der Waals surface area contributed by atoms with Crippen molar-refractivity contribution in [2.75, 3.05) is 0 Å². The van der Waals surface area contributed by atoms with Gasteiger partial charge < -0.3 is 9.47 Å². The molecule has 0 spiro atoms. The summed E-state index contributed by atoms with van der Waals surface area (Å²) in [5.41, 5.74) is 1.20. The topological polar surface area (TPSA) is 78.4 Å². The van der Waals surface area contributed by atoms with Gasteiger partial charge in [-0.2, -0.15) is 0 Å². The van der Waals surface area contributed by atoms with Gasteiger partial charge in [-0.1, -0.05) is 18.2 Å². The Labute approximate surface area is 144 Å². The summed E-state index contributed by atoms with van der Waals surface area (Å²) in [7, 11) is 0. The molecule has 0 atom stereocenters. The zero-order valence-corrected chi connectivity index (χ0v) is 13.4. The third-order valence-electron chi connectivity index (χ3n) is 3.22. The maximum Gasteiger partial charge on any atom is 0.343 e. The molecule has 1 heterocycles. The number of carbonyl (C=O) groups is 2. The molecule has 124 valence electrons. The highest BCUT2D eigenvalue weighted by molar-refractivity contribution is 5.90. The monoisotopic (exact) mass is 334 g/mol. The van der Waals surface area contributed by atoms with E-state index < -0.39 is 5.97 Å². The molecule has 0 saturated heterocycles. The lowest BCUT2D eigenvalue weighted by Crippen LogP contribution is -2.08. The number of esters is 2. The lowest BCUT2D eigenvalue weighted by Gasteiger charge is -2.05. The zero-order valence-electron chi connectivity index (χ0n) is 13.4. The van der Waals surface area contributed by atoms with Crippen molar-refractivity contribution in [1.29, 1.82) is 0 Å². The normalized spacial score (nSPS) is 10.1. The Balaban J connectivity index is 1.69. The number of rotatable bonds is 4. The van der Waals surface area contributed by atoms with Crippen LogP contribution in [0, 0.1) is 0 Å². The van der Waals surface area contributed by atoms with Gasteiger partial charge in [0, 0.05) is 12.5 Å². The van der Waals surface area contributed by atoms with E-state index in [4.69, 9.17) is 9.47 Å². The summed E-state index contributed by atoms with van der Waals surface area (Å²) in [5.74, 6) is 0.323. The number of nitrogens with zero attached hydrogens (tertiary/aromatic N) is 2. The van der Waals surface area contributed by atoms with Gasteiger partial charge in [-0.3, -0.25) is 4.79 Å². The minimum atomic E-state index is -0.470. The molecule has 0 N–H and O–H groups in total. The summed E-state index contributed by atoms with van der Waals surface area (Å²) in [6.07, 6.45) is 2.87. The number of aromatic nitrogens is 2. The molecule has 3 rings (SSSR count). The third kappa shape index (κ3) is 4.26. The SMILES string of the molecule is CC(=O)Oc1ccc(-c2ncc(OC(=O)c3ccccc3)cn2)cc1. The Hall–Kier alpha value is -3.54. The number of benzene rings is 2. The Morgan fingerprint density at radius 2 is 1.44 bits per heavy atom. The molecule has 0 radical (unpaired) electrons. The van der Waals surface area contributed by atoms with Crippen LogP contribution in [0.4, 0.5) is 0 Å². The summed E-state index contributed by atoms with van der Waals surface area (Å²) in [4.78, 5) is 31.3. The number of ether oxygens (including phenoxy) is 2. The lowest BCUT2D eigenvalue weighted by molar-refractivity contribution is -0.131. The van der Waals surface area contributed by atoms with Crippen molar-refractivity contribution in [1.82, 2.24) is 9.97 Å². The fourth-order valence-electron chi connectivity index (χ4n) is 2.10. The summed E-state index contributed by atoms with van der Waals surface area (Å²) < 4.78 is 10.2. The molecule has 0 aliphatic heterocycles. The molecular weight excluding hydrogens is 320 g/mol. The van der Waals surface area contributed by atoms with E-state index in [1.165, 1.54) is 19.3 Å². The van der Waals surface area contributed by atoms with Crippen LogP contribution in [0.2, 0.25) is 0 Å². The van der Waals surface area contributed by atoms with Crippen LogP contribution in [0.25, 0.3) is 11.4 Å². The fourth-order valence-corrected chi connectivity index (χ4v) is 2.10. The molecule has 0 aliphatic carbocycles. The second-order valence-electron chi connectivity index (χ2n) is 5.12. The van der Waals surface area contributed by atoms with E-state index in [0.717, 1.165) is 5.56 Å². The van der Waals surface area contributed by atoms with Gasteiger partial charge in [-0.25, -0.2) is 14.8 Å². The van der Waals surface area contributed by atoms with Gasteiger partial charge in [-0.15, -0.1) is 0 Å². The van der Waals surface area contributed by atoms with Gasteiger partial charge in [-0.05, 0) is 36.4 Å². The Morgan fingerprint density at radius 1 is 0.800 bits per heavy atom. The second-order valence-corrected chi connectivity index (χ2v) is 5.12. The van der Waals surface area contributed by atoms with Gasteiger partial charge in [0.15, 0.2) is 11.6 Å². The van der Waals surface area contributed by atoms with Crippen LogP contribution >= 0.6 is 0 Å². The average molecular weight is 334 g/mol. The van der Waals surface area contributed by atoms with Crippen molar-refractivity contribution in [3.63, 3.8) is 0 Å². The third-order valence-corrected chi connectivity index (χ3v) is 3.22. The average Bonchev–Trinajstić information content (AvgIpc) is 2.63. The van der Waals surface area contributed by atoms with E-state index in [-0.39, 0.29) is 11.7 Å². The van der Waals surface area contributed by atoms with Crippen LogP contribution in [0.1, 0.15) is 17.3 Å². The minimum absolute atomic E-state index is 0.258. The second kappa shape index (κ2) is 7.35. The standard InChI is InChI=1S/C19H14N2O4/c1-13(22)24-16-9-7-14(8-10-16)18-20-11-17(12-21-18)25-19(23)15-5-3-2-4-6-15/h2-12H,1H3. The van der Waals surface area contributed by atoms with Gasteiger partial charge >= 0.3 is 11.9 Å². The molecule has 0 aliphatic rings. The highest BCUT2D eigenvalue weighted by Crippen LogP contribution is 2.20. The van der Waals surface area contributed by atoms with Crippen molar-refractivity contribution < 1.29 is 19.1 Å². The predicted octanol–water partition coefficient (Wildman–Crippen LogP) is 3.29. The number of hydrogen-bond donors (Lipinski definition) is 0. The Kier molecular flexibility index (Phi) is 4.80. The van der Waals surface area contributed by atoms with Crippen molar-refractivity contribution in [3.05, 3.63) is 72.6 Å². The first kappa shape index (κ1) is 16.3. The quantitative estimate of drug-likeness (QED) is 0.538. The molecule has 6 nitrogen and oxygen atoms in total. The largest absolute Gasteiger partial charge is 0.427 e. The van der Waals surface area contributed by atoms with Crippen LogP contribution in [0.15, 0.2) is 67.0 Å². The molecule has 1 aromatic heterocycles. The molecule has 25 heavy (non-hydrogen) atoms. The number of carbonyl (C=O) groups excluding carboxylic acids is 2. The molecule has 0 unspecified atom stereocenters. The summed E-state index contributed by atoms with van der Waals surface area (Å²) >= 11 is 0. The smallest absolute Gasteiger partial charge is 0.343 e. The van der Waals surface area contributed by atoms with Crippen LogP contribution in [0.3, 0.4) is 0 Å². The molecule has 0 amide bonds. The highest BCUT2D eigenvalue weighted by Gasteiger charge is 2.09. The van der Waals surface area contributed by atoms with Crippen molar-refractivity contribution in [2.45, 2.75) is 6.92 Å². The minimum Gasteiger partial charge on any atom is -0.427 e. The van der Waals surface area contributed by atoms with Crippen LogP contribution < -0.4 is 9.47 Å². The zero-order chi connectivity index (χ0) is 17.6.